The Morgan fingerprint density at radius 3 is 1.88 bits per heavy atom. The van der Waals surface area contributed by atoms with Crippen LogP contribution in [0.1, 0.15) is 0 Å². The molecule has 0 heterocycles. The van der Waals surface area contributed by atoms with Crippen LogP contribution in [0.4, 0.5) is 22.7 Å². The molecule has 2 aromatic rings. The van der Waals surface area contributed by atoms with E-state index in [0.717, 1.165) is 16.8 Å². The molecule has 0 saturated heterocycles. The molecule has 0 aliphatic rings. The minimum atomic E-state index is 0.581. The molecule has 0 atom stereocenters. The van der Waals surface area contributed by atoms with Crippen molar-refractivity contribution in [3.8, 4) is 11.1 Å². The van der Waals surface area contributed by atoms with Crippen molar-refractivity contribution in [2.75, 3.05) is 20.7 Å². The number of hydrogen-bond donors (Lipinski definition) is 4. The first kappa shape index (κ1) is 11.8. The highest BCUT2D eigenvalue weighted by molar-refractivity contribution is 14.1. The lowest BCUT2D eigenvalue weighted by atomic mass is 10.0. The summed E-state index contributed by atoms with van der Waals surface area (Å²) in [5.41, 5.74) is 22.2. The Balaban J connectivity index is 2.46. The Morgan fingerprint density at radius 2 is 1.35 bits per heavy atom. The van der Waals surface area contributed by atoms with E-state index in [-0.39, 0.29) is 0 Å². The molecule has 0 aromatic heterocycles. The summed E-state index contributed by atoms with van der Waals surface area (Å²) in [6.07, 6.45) is 0. The lowest BCUT2D eigenvalue weighted by Gasteiger charge is -2.08. The first-order chi connectivity index (χ1) is 8.11. The molecular weight excluding hydrogens is 327 g/mol. The first-order valence-corrected chi connectivity index (χ1v) is 6.11. The maximum absolute atomic E-state index is 5.91. The molecule has 17 heavy (non-hydrogen) atoms. The summed E-state index contributed by atoms with van der Waals surface area (Å²) in [5.74, 6) is 0. The summed E-state index contributed by atoms with van der Waals surface area (Å²) in [7, 11) is 0. The Hall–Kier alpha value is -1.63. The average Bonchev–Trinajstić information content (AvgIpc) is 2.32. The molecule has 0 bridgehead atoms. The van der Waals surface area contributed by atoms with E-state index in [0.29, 0.717) is 17.1 Å². The predicted octanol–water partition coefficient (Wildman–Crippen LogP) is 2.86. The van der Waals surface area contributed by atoms with Crippen molar-refractivity contribution in [2.24, 2.45) is 0 Å². The Labute approximate surface area is 114 Å². The Morgan fingerprint density at radius 1 is 0.765 bits per heavy atom. The molecule has 4 nitrogen and oxygen atoms in total. The number of rotatable bonds is 2. The van der Waals surface area contributed by atoms with Crippen LogP contribution in [-0.4, -0.2) is 0 Å². The van der Waals surface area contributed by atoms with Gasteiger partial charge in [0, 0.05) is 0 Å². The standard InChI is InChI=1S/C12H13IN4/c13-17-12-4-2-8(6-11(12)16)7-1-3-9(14)10(15)5-7/h1-6,17H,14-16H2. The molecule has 0 aliphatic carbocycles. The van der Waals surface area contributed by atoms with Gasteiger partial charge < -0.3 is 20.7 Å². The fourth-order valence-corrected chi connectivity index (χ4v) is 2.07. The van der Waals surface area contributed by atoms with Gasteiger partial charge in [-0.3, -0.25) is 0 Å². The smallest absolute Gasteiger partial charge is 0.0661 e. The summed E-state index contributed by atoms with van der Waals surface area (Å²) in [5, 5.41) is 0. The Kier molecular flexibility index (Phi) is 3.28. The fourth-order valence-electron chi connectivity index (χ4n) is 1.58. The van der Waals surface area contributed by atoms with Crippen molar-refractivity contribution in [1.29, 1.82) is 0 Å². The highest BCUT2D eigenvalue weighted by Crippen LogP contribution is 2.30. The normalized spacial score (nSPS) is 10.2. The molecule has 2 rings (SSSR count). The van der Waals surface area contributed by atoms with Crippen molar-refractivity contribution in [3.05, 3.63) is 36.4 Å². The van der Waals surface area contributed by atoms with Crippen LogP contribution in [0.2, 0.25) is 0 Å². The van der Waals surface area contributed by atoms with Crippen LogP contribution in [0.25, 0.3) is 11.1 Å². The van der Waals surface area contributed by atoms with Gasteiger partial charge in [0.1, 0.15) is 0 Å². The molecule has 0 fully saturated rings. The van der Waals surface area contributed by atoms with Crippen molar-refractivity contribution < 1.29 is 0 Å². The van der Waals surface area contributed by atoms with Gasteiger partial charge in [-0.15, -0.1) is 0 Å². The van der Waals surface area contributed by atoms with Crippen LogP contribution in [-0.2, 0) is 0 Å². The minimum Gasteiger partial charge on any atom is -0.397 e. The van der Waals surface area contributed by atoms with E-state index >= 15 is 0 Å². The SMILES string of the molecule is Nc1ccc(-c2ccc(NI)c(N)c2)cc1N. The van der Waals surface area contributed by atoms with Crippen LogP contribution in [0.5, 0.6) is 0 Å². The van der Waals surface area contributed by atoms with Gasteiger partial charge in [0.15, 0.2) is 0 Å². The molecule has 2 aromatic carbocycles. The highest BCUT2D eigenvalue weighted by Gasteiger charge is 2.03. The number of halogens is 1. The summed E-state index contributed by atoms with van der Waals surface area (Å²) >= 11 is 2.05. The maximum Gasteiger partial charge on any atom is 0.0661 e. The van der Waals surface area contributed by atoms with Crippen LogP contribution in [0.15, 0.2) is 36.4 Å². The van der Waals surface area contributed by atoms with Crippen LogP contribution in [0, 0.1) is 0 Å². The third kappa shape index (κ3) is 2.38. The minimum absolute atomic E-state index is 0.581. The second kappa shape index (κ2) is 4.70. The van der Waals surface area contributed by atoms with Gasteiger partial charge >= 0.3 is 0 Å². The van der Waals surface area contributed by atoms with Gasteiger partial charge in [-0.05, 0) is 35.4 Å². The quantitative estimate of drug-likeness (QED) is 0.384. The molecule has 0 unspecified atom stereocenters. The van der Waals surface area contributed by atoms with Gasteiger partial charge in [-0.25, -0.2) is 0 Å². The van der Waals surface area contributed by atoms with Gasteiger partial charge in [-0.2, -0.15) is 0 Å². The number of nitrogens with one attached hydrogen (secondary N) is 1. The average molecular weight is 340 g/mol. The van der Waals surface area contributed by atoms with E-state index in [1.54, 1.807) is 6.07 Å². The van der Waals surface area contributed by atoms with E-state index in [4.69, 9.17) is 17.2 Å². The molecule has 88 valence electrons. The van der Waals surface area contributed by atoms with Crippen molar-refractivity contribution >= 4 is 45.6 Å². The van der Waals surface area contributed by atoms with E-state index in [2.05, 4.69) is 3.53 Å². The monoisotopic (exact) mass is 340 g/mol. The van der Waals surface area contributed by atoms with Crippen molar-refractivity contribution in [2.45, 2.75) is 0 Å². The summed E-state index contributed by atoms with van der Waals surface area (Å²) in [4.78, 5) is 0. The molecule has 5 heteroatoms. The number of nitrogens with two attached hydrogens (primary N) is 3. The molecule has 7 N–H and O–H groups in total. The summed E-state index contributed by atoms with van der Waals surface area (Å²) < 4.78 is 2.99. The van der Waals surface area contributed by atoms with E-state index in [1.807, 2.05) is 53.2 Å². The van der Waals surface area contributed by atoms with E-state index in [9.17, 15) is 0 Å². The first-order valence-electron chi connectivity index (χ1n) is 5.03. The predicted molar refractivity (Wildman–Crippen MR) is 82.8 cm³/mol. The van der Waals surface area contributed by atoms with Crippen LogP contribution in [0.3, 0.4) is 0 Å². The highest BCUT2D eigenvalue weighted by atomic mass is 127. The van der Waals surface area contributed by atoms with Gasteiger partial charge in [-0.1, -0.05) is 12.1 Å². The summed E-state index contributed by atoms with van der Waals surface area (Å²) in [6.45, 7) is 0. The zero-order chi connectivity index (χ0) is 12.4. The van der Waals surface area contributed by atoms with E-state index in [1.165, 1.54) is 0 Å². The second-order valence-corrected chi connectivity index (χ2v) is 4.28. The molecule has 0 aliphatic heterocycles. The number of anilines is 4. The third-order valence-corrected chi connectivity index (χ3v) is 3.15. The topological polar surface area (TPSA) is 90.1 Å². The number of nitrogen functional groups attached to an aromatic ring is 3. The van der Waals surface area contributed by atoms with Gasteiger partial charge in [0.05, 0.1) is 45.6 Å². The number of hydrogen-bond acceptors (Lipinski definition) is 4. The lowest BCUT2D eigenvalue weighted by molar-refractivity contribution is 1.60. The fraction of sp³-hybridized carbons (Fsp3) is 0. The molecule has 0 amide bonds. The molecular formula is C12H13IN4. The van der Waals surface area contributed by atoms with Crippen molar-refractivity contribution in [1.82, 2.24) is 0 Å². The molecule has 0 radical (unpaired) electrons. The molecule has 0 spiro atoms. The van der Waals surface area contributed by atoms with E-state index < -0.39 is 0 Å². The van der Waals surface area contributed by atoms with Gasteiger partial charge in [0.25, 0.3) is 0 Å². The second-order valence-electron chi connectivity index (χ2n) is 3.74. The summed E-state index contributed by atoms with van der Waals surface area (Å²) in [6, 6.07) is 11.4. The number of benzene rings is 2. The van der Waals surface area contributed by atoms with Crippen LogP contribution < -0.4 is 20.7 Å². The van der Waals surface area contributed by atoms with Crippen LogP contribution >= 0.6 is 22.9 Å². The molecule has 0 saturated carbocycles. The Bertz CT molecular complexity index is 554. The largest absolute Gasteiger partial charge is 0.397 e. The zero-order valence-electron chi connectivity index (χ0n) is 9.07. The lowest BCUT2D eigenvalue weighted by Crippen LogP contribution is -1.95. The third-order valence-electron chi connectivity index (χ3n) is 2.57. The van der Waals surface area contributed by atoms with Gasteiger partial charge in [0.2, 0.25) is 0 Å². The zero-order valence-corrected chi connectivity index (χ0v) is 11.2. The maximum atomic E-state index is 5.91. The van der Waals surface area contributed by atoms with Crippen molar-refractivity contribution in [3.63, 3.8) is 0 Å².